The maximum Gasteiger partial charge on any atom is 0.316 e. The molecule has 0 aromatic carbocycles. The number of unbranched alkanes of at least 4 members (excludes halogenated alkanes) is 2. The van der Waals surface area contributed by atoms with E-state index in [4.69, 9.17) is 9.57 Å². The van der Waals surface area contributed by atoms with Crippen molar-refractivity contribution in [2.24, 2.45) is 22.4 Å². The van der Waals surface area contributed by atoms with Gasteiger partial charge in [-0.05, 0) is 31.6 Å². The van der Waals surface area contributed by atoms with Gasteiger partial charge in [-0.25, -0.2) is 0 Å². The van der Waals surface area contributed by atoms with Crippen LogP contribution in [0.5, 0.6) is 0 Å². The molecular formula is C20H31NO7. The molecule has 0 spiro atoms. The lowest BCUT2D eigenvalue weighted by Gasteiger charge is -2.38. The minimum Gasteiger partial charge on any atom is -0.469 e. The monoisotopic (exact) mass is 397 g/mol. The third kappa shape index (κ3) is 6.14. The maximum atomic E-state index is 13.1. The van der Waals surface area contributed by atoms with Crippen LogP contribution >= 0.6 is 0 Å². The van der Waals surface area contributed by atoms with Crippen LogP contribution in [-0.2, 0) is 33.5 Å². The molecule has 0 aromatic heterocycles. The maximum absolute atomic E-state index is 13.1. The van der Waals surface area contributed by atoms with Crippen LogP contribution in [0.15, 0.2) is 5.16 Å². The lowest BCUT2D eigenvalue weighted by molar-refractivity contribution is -0.159. The highest BCUT2D eigenvalue weighted by atomic mass is 16.6. The van der Waals surface area contributed by atoms with Crippen molar-refractivity contribution in [3.63, 3.8) is 0 Å². The van der Waals surface area contributed by atoms with Crippen LogP contribution in [0.3, 0.4) is 0 Å². The summed E-state index contributed by atoms with van der Waals surface area (Å²) in [4.78, 5) is 54.3. The van der Waals surface area contributed by atoms with Crippen LogP contribution in [0.1, 0.15) is 59.3 Å². The minimum absolute atomic E-state index is 0.0800. The number of ether oxygens (including phenoxy) is 2. The fraction of sp³-hybridized carbons (Fsp3) is 0.750. The van der Waals surface area contributed by atoms with Crippen LogP contribution in [-0.4, -0.2) is 50.0 Å². The Morgan fingerprint density at radius 1 is 1.07 bits per heavy atom. The molecule has 1 saturated carbocycles. The van der Waals surface area contributed by atoms with Gasteiger partial charge in [-0.3, -0.25) is 19.2 Å². The van der Waals surface area contributed by atoms with Gasteiger partial charge in [-0.1, -0.05) is 25.4 Å². The number of ketones is 2. The van der Waals surface area contributed by atoms with E-state index in [2.05, 4.69) is 9.89 Å². The first kappa shape index (κ1) is 23.8. The predicted octanol–water partition coefficient (Wildman–Crippen LogP) is 2.48. The van der Waals surface area contributed by atoms with Crippen molar-refractivity contribution < 1.29 is 33.5 Å². The van der Waals surface area contributed by atoms with E-state index in [1.54, 1.807) is 20.8 Å². The lowest BCUT2D eigenvalue weighted by Crippen LogP contribution is -2.52. The van der Waals surface area contributed by atoms with Crippen LogP contribution in [0.2, 0.25) is 0 Å². The zero-order chi connectivity index (χ0) is 21.3. The molecule has 0 saturated heterocycles. The van der Waals surface area contributed by atoms with Gasteiger partial charge < -0.3 is 14.3 Å². The molecule has 1 rings (SSSR count). The average Bonchev–Trinajstić information content (AvgIpc) is 2.63. The Hall–Kier alpha value is -2.25. The molecule has 0 bridgehead atoms. The van der Waals surface area contributed by atoms with Crippen molar-refractivity contribution in [3.05, 3.63) is 0 Å². The second-order valence-corrected chi connectivity index (χ2v) is 7.56. The highest BCUT2D eigenvalue weighted by molar-refractivity contribution is 6.26. The number of hydrogen-bond acceptors (Lipinski definition) is 8. The van der Waals surface area contributed by atoms with E-state index in [1.807, 2.05) is 0 Å². The van der Waals surface area contributed by atoms with Gasteiger partial charge in [0.05, 0.1) is 19.9 Å². The molecule has 0 aromatic rings. The third-order valence-electron chi connectivity index (χ3n) is 4.92. The van der Waals surface area contributed by atoms with Crippen LogP contribution in [0.25, 0.3) is 0 Å². The van der Waals surface area contributed by atoms with E-state index < -0.39 is 29.0 Å². The van der Waals surface area contributed by atoms with E-state index in [-0.39, 0.29) is 18.2 Å². The summed E-state index contributed by atoms with van der Waals surface area (Å²) in [6.07, 6.45) is 2.75. The van der Waals surface area contributed by atoms with Gasteiger partial charge >= 0.3 is 11.9 Å². The number of oxime groups is 1. The fourth-order valence-electron chi connectivity index (χ4n) is 3.51. The molecule has 1 aliphatic carbocycles. The molecule has 0 amide bonds. The summed E-state index contributed by atoms with van der Waals surface area (Å²) in [5.41, 5.74) is -0.478. The van der Waals surface area contributed by atoms with Gasteiger partial charge in [0.1, 0.15) is 24.2 Å². The smallest absolute Gasteiger partial charge is 0.316 e. The number of rotatable bonds is 10. The Balaban J connectivity index is 2.93. The van der Waals surface area contributed by atoms with Crippen LogP contribution in [0.4, 0.5) is 0 Å². The zero-order valence-electron chi connectivity index (χ0n) is 17.4. The van der Waals surface area contributed by atoms with Crippen LogP contribution in [0, 0.1) is 17.3 Å². The van der Waals surface area contributed by atoms with E-state index in [9.17, 15) is 19.2 Å². The summed E-state index contributed by atoms with van der Waals surface area (Å²) >= 11 is 0. The Labute approximate surface area is 166 Å². The van der Waals surface area contributed by atoms with Gasteiger partial charge in [0.25, 0.3) is 0 Å². The van der Waals surface area contributed by atoms with Crippen LogP contribution < -0.4 is 0 Å². The SMILES string of the molecule is CCO/N=C(\CCCCCC(=O)OC)C1C(=O)CC(C)(C)C(C(=O)OC)C1=O. The normalized spacial score (nSPS) is 22.0. The predicted molar refractivity (Wildman–Crippen MR) is 102 cm³/mol. The summed E-state index contributed by atoms with van der Waals surface area (Å²) < 4.78 is 9.40. The Morgan fingerprint density at radius 3 is 2.29 bits per heavy atom. The molecule has 0 radical (unpaired) electrons. The van der Waals surface area contributed by atoms with Crippen molar-refractivity contribution in [1.82, 2.24) is 0 Å². The number of nitrogens with zero attached hydrogens (tertiary/aromatic N) is 1. The second-order valence-electron chi connectivity index (χ2n) is 7.56. The molecule has 0 heterocycles. The average molecular weight is 397 g/mol. The van der Waals surface area contributed by atoms with Crippen molar-refractivity contribution in [1.29, 1.82) is 0 Å². The van der Waals surface area contributed by atoms with Gasteiger partial charge in [0.15, 0.2) is 5.78 Å². The molecule has 0 aliphatic heterocycles. The Bertz CT molecular complexity index is 624. The molecule has 158 valence electrons. The van der Waals surface area contributed by atoms with E-state index in [0.29, 0.717) is 44.4 Å². The number of Topliss-reactive ketones (excluding diaryl/α,β-unsaturated/α-hetero) is 2. The van der Waals surface area contributed by atoms with E-state index in [1.165, 1.54) is 14.2 Å². The van der Waals surface area contributed by atoms with Gasteiger partial charge in [0.2, 0.25) is 0 Å². The molecule has 2 atom stereocenters. The molecule has 0 N–H and O–H groups in total. The van der Waals surface area contributed by atoms with E-state index in [0.717, 1.165) is 0 Å². The Kier molecular flexibility index (Phi) is 9.28. The highest BCUT2D eigenvalue weighted by Gasteiger charge is 2.53. The summed E-state index contributed by atoms with van der Waals surface area (Å²) in [5.74, 6) is -3.77. The molecule has 8 heteroatoms. The first-order valence-electron chi connectivity index (χ1n) is 9.59. The first-order chi connectivity index (χ1) is 13.2. The number of hydrogen-bond donors (Lipinski definition) is 0. The molecule has 2 unspecified atom stereocenters. The molecule has 1 aliphatic rings. The number of methoxy groups -OCH3 is 2. The largest absolute Gasteiger partial charge is 0.469 e. The van der Waals surface area contributed by atoms with Crippen molar-refractivity contribution in [2.75, 3.05) is 20.8 Å². The van der Waals surface area contributed by atoms with Gasteiger partial charge in [-0.15, -0.1) is 0 Å². The topological polar surface area (TPSA) is 108 Å². The van der Waals surface area contributed by atoms with Crippen molar-refractivity contribution in [2.45, 2.75) is 59.3 Å². The summed E-state index contributed by atoms with van der Waals surface area (Å²) in [6, 6.07) is 0. The van der Waals surface area contributed by atoms with E-state index >= 15 is 0 Å². The number of carbonyl (C=O) groups excluding carboxylic acids is 4. The summed E-state index contributed by atoms with van der Waals surface area (Å²) in [7, 11) is 2.57. The molecule has 1 fully saturated rings. The minimum atomic E-state index is -1.09. The number of carbonyl (C=O) groups is 4. The standard InChI is InChI=1S/C20H31NO7/c1-6-28-21-13(10-8-7-9-11-15(23)26-4)16-14(22)12-20(2,3)17(18(16)24)19(25)27-5/h16-17H,6-12H2,1-5H3/b21-13+. The molecular weight excluding hydrogens is 366 g/mol. The van der Waals surface area contributed by atoms with Crippen molar-refractivity contribution in [3.8, 4) is 0 Å². The van der Waals surface area contributed by atoms with Crippen molar-refractivity contribution >= 4 is 29.2 Å². The summed E-state index contributed by atoms with van der Waals surface area (Å²) in [5, 5.41) is 4.01. The first-order valence-corrected chi connectivity index (χ1v) is 9.59. The quantitative estimate of drug-likeness (QED) is 0.183. The fourth-order valence-corrected chi connectivity index (χ4v) is 3.51. The second kappa shape index (κ2) is 10.9. The summed E-state index contributed by atoms with van der Waals surface area (Å²) in [6.45, 7) is 5.48. The Morgan fingerprint density at radius 2 is 1.71 bits per heavy atom. The molecule has 8 nitrogen and oxygen atoms in total. The molecule has 28 heavy (non-hydrogen) atoms. The third-order valence-corrected chi connectivity index (χ3v) is 4.92. The number of esters is 2. The highest BCUT2D eigenvalue weighted by Crippen LogP contribution is 2.40. The van der Waals surface area contributed by atoms with Gasteiger partial charge in [0, 0.05) is 12.8 Å². The lowest BCUT2D eigenvalue weighted by atomic mass is 9.63. The van der Waals surface area contributed by atoms with Gasteiger partial charge in [-0.2, -0.15) is 0 Å². The zero-order valence-corrected chi connectivity index (χ0v) is 17.4.